The van der Waals surface area contributed by atoms with Gasteiger partial charge in [-0.25, -0.2) is 9.97 Å². The molecule has 0 saturated carbocycles. The van der Waals surface area contributed by atoms with Crippen molar-refractivity contribution in [1.29, 1.82) is 0 Å². The normalized spacial score (nSPS) is 10.4. The Morgan fingerprint density at radius 1 is 1.41 bits per heavy atom. The second-order valence-electron chi connectivity index (χ2n) is 3.59. The summed E-state index contributed by atoms with van der Waals surface area (Å²) in [7, 11) is 0. The Balaban J connectivity index is 1.71. The van der Waals surface area contributed by atoms with Crippen molar-refractivity contribution in [3.05, 3.63) is 32.7 Å². The first-order chi connectivity index (χ1) is 8.24. The highest BCUT2D eigenvalue weighted by atomic mass is 32.1. The van der Waals surface area contributed by atoms with E-state index in [1.807, 2.05) is 17.7 Å². The second kappa shape index (κ2) is 5.88. The first kappa shape index (κ1) is 12.2. The zero-order valence-corrected chi connectivity index (χ0v) is 11.1. The summed E-state index contributed by atoms with van der Waals surface area (Å²) in [6.07, 6.45) is 2.94. The first-order valence-corrected chi connectivity index (χ1v) is 7.06. The van der Waals surface area contributed by atoms with Crippen molar-refractivity contribution in [2.75, 3.05) is 6.54 Å². The summed E-state index contributed by atoms with van der Waals surface area (Å²) in [5, 5.41) is 8.69. The Morgan fingerprint density at radius 3 is 2.94 bits per heavy atom. The summed E-state index contributed by atoms with van der Waals surface area (Å²) in [5.41, 5.74) is 0.973. The van der Waals surface area contributed by atoms with Gasteiger partial charge in [0, 0.05) is 35.6 Å². The number of hydrogen-bond donors (Lipinski definition) is 1. The lowest BCUT2D eigenvalue weighted by atomic mass is 10.4. The van der Waals surface area contributed by atoms with Gasteiger partial charge in [-0.05, 0) is 6.92 Å². The molecule has 0 saturated heterocycles. The van der Waals surface area contributed by atoms with E-state index in [9.17, 15) is 4.79 Å². The van der Waals surface area contributed by atoms with Gasteiger partial charge in [-0.15, -0.1) is 22.7 Å². The summed E-state index contributed by atoms with van der Waals surface area (Å²) in [6.45, 7) is 2.57. The Kier molecular flexibility index (Phi) is 4.22. The molecule has 90 valence electrons. The van der Waals surface area contributed by atoms with Crippen molar-refractivity contribution in [3.63, 3.8) is 0 Å². The molecule has 0 aliphatic heterocycles. The Bertz CT molecular complexity index is 479. The largest absolute Gasteiger partial charge is 0.355 e. The standard InChI is InChI=1S/C11H13N3OS2/c1-8-7-17-11(14-8)6-9(15)12-3-2-10-13-4-5-16-10/h4-5,7H,2-3,6H2,1H3,(H,12,15). The van der Waals surface area contributed by atoms with E-state index in [0.717, 1.165) is 22.1 Å². The van der Waals surface area contributed by atoms with Crippen molar-refractivity contribution in [2.45, 2.75) is 19.8 Å². The van der Waals surface area contributed by atoms with Gasteiger partial charge in [0.15, 0.2) is 0 Å². The fraction of sp³-hybridized carbons (Fsp3) is 0.364. The molecule has 0 bridgehead atoms. The van der Waals surface area contributed by atoms with Crippen LogP contribution >= 0.6 is 22.7 Å². The van der Waals surface area contributed by atoms with Gasteiger partial charge in [0.2, 0.25) is 5.91 Å². The molecule has 0 unspecified atom stereocenters. The van der Waals surface area contributed by atoms with Crippen molar-refractivity contribution >= 4 is 28.6 Å². The topological polar surface area (TPSA) is 54.9 Å². The predicted octanol–water partition coefficient (Wildman–Crippen LogP) is 1.81. The molecule has 0 aromatic carbocycles. The average molecular weight is 267 g/mol. The number of nitrogens with zero attached hydrogens (tertiary/aromatic N) is 2. The van der Waals surface area contributed by atoms with Crippen LogP contribution in [0.25, 0.3) is 0 Å². The van der Waals surface area contributed by atoms with E-state index in [4.69, 9.17) is 0 Å². The molecule has 17 heavy (non-hydrogen) atoms. The molecule has 0 aliphatic rings. The Morgan fingerprint density at radius 2 is 2.29 bits per heavy atom. The average Bonchev–Trinajstić information content (AvgIpc) is 2.90. The first-order valence-electron chi connectivity index (χ1n) is 5.30. The molecular weight excluding hydrogens is 254 g/mol. The zero-order valence-electron chi connectivity index (χ0n) is 9.47. The zero-order chi connectivity index (χ0) is 12.1. The highest BCUT2D eigenvalue weighted by molar-refractivity contribution is 7.09. The molecule has 4 nitrogen and oxygen atoms in total. The molecule has 0 fully saturated rings. The third kappa shape index (κ3) is 3.90. The number of carbonyl (C=O) groups excluding carboxylic acids is 1. The van der Waals surface area contributed by atoms with Crippen molar-refractivity contribution in [2.24, 2.45) is 0 Å². The van der Waals surface area contributed by atoms with Crippen LogP contribution in [0.1, 0.15) is 15.7 Å². The van der Waals surface area contributed by atoms with E-state index in [2.05, 4.69) is 15.3 Å². The van der Waals surface area contributed by atoms with Crippen molar-refractivity contribution in [3.8, 4) is 0 Å². The Hall–Kier alpha value is -1.27. The number of carbonyl (C=O) groups is 1. The lowest BCUT2D eigenvalue weighted by Crippen LogP contribution is -2.27. The van der Waals surface area contributed by atoms with E-state index in [1.165, 1.54) is 11.3 Å². The minimum atomic E-state index is 0.0240. The van der Waals surface area contributed by atoms with E-state index in [-0.39, 0.29) is 5.91 Å². The van der Waals surface area contributed by atoms with Crippen LogP contribution in [0, 0.1) is 6.92 Å². The third-order valence-electron chi connectivity index (χ3n) is 2.12. The predicted molar refractivity (Wildman–Crippen MR) is 69.4 cm³/mol. The molecule has 2 rings (SSSR count). The monoisotopic (exact) mass is 267 g/mol. The molecule has 0 spiro atoms. The molecule has 1 N–H and O–H groups in total. The summed E-state index contributed by atoms with van der Waals surface area (Å²) < 4.78 is 0. The van der Waals surface area contributed by atoms with Crippen LogP contribution in [-0.2, 0) is 17.6 Å². The van der Waals surface area contributed by atoms with Gasteiger partial charge in [0.05, 0.1) is 11.4 Å². The molecule has 2 heterocycles. The lowest BCUT2D eigenvalue weighted by molar-refractivity contribution is -0.120. The number of amides is 1. The third-order valence-corrected chi connectivity index (χ3v) is 3.93. The maximum atomic E-state index is 11.6. The highest BCUT2D eigenvalue weighted by Gasteiger charge is 2.06. The van der Waals surface area contributed by atoms with Crippen LogP contribution in [0.5, 0.6) is 0 Å². The summed E-state index contributed by atoms with van der Waals surface area (Å²) in [4.78, 5) is 20.0. The maximum Gasteiger partial charge on any atom is 0.226 e. The molecule has 2 aromatic rings. The quantitative estimate of drug-likeness (QED) is 0.899. The fourth-order valence-electron chi connectivity index (χ4n) is 1.37. The maximum absolute atomic E-state index is 11.6. The molecule has 0 radical (unpaired) electrons. The van der Waals surface area contributed by atoms with Crippen LogP contribution in [0.15, 0.2) is 17.0 Å². The van der Waals surface area contributed by atoms with Gasteiger partial charge in [0.25, 0.3) is 0 Å². The number of thiazole rings is 2. The SMILES string of the molecule is Cc1csc(CC(=O)NCCc2nccs2)n1. The molecule has 6 heteroatoms. The van der Waals surface area contributed by atoms with Crippen LogP contribution in [-0.4, -0.2) is 22.4 Å². The molecule has 1 amide bonds. The highest BCUT2D eigenvalue weighted by Crippen LogP contribution is 2.09. The molecular formula is C11H13N3OS2. The number of nitrogens with one attached hydrogen (secondary N) is 1. The van der Waals surface area contributed by atoms with Crippen LogP contribution in [0.4, 0.5) is 0 Å². The number of aryl methyl sites for hydroxylation is 1. The van der Waals surface area contributed by atoms with E-state index >= 15 is 0 Å². The minimum absolute atomic E-state index is 0.0240. The smallest absolute Gasteiger partial charge is 0.226 e. The van der Waals surface area contributed by atoms with Crippen LogP contribution in [0.2, 0.25) is 0 Å². The van der Waals surface area contributed by atoms with Gasteiger partial charge in [-0.2, -0.15) is 0 Å². The molecule has 0 aliphatic carbocycles. The van der Waals surface area contributed by atoms with E-state index in [0.29, 0.717) is 13.0 Å². The van der Waals surface area contributed by atoms with Gasteiger partial charge in [0.1, 0.15) is 5.01 Å². The van der Waals surface area contributed by atoms with E-state index in [1.54, 1.807) is 17.5 Å². The number of rotatable bonds is 5. The van der Waals surface area contributed by atoms with Gasteiger partial charge in [-0.1, -0.05) is 0 Å². The summed E-state index contributed by atoms with van der Waals surface area (Å²) >= 11 is 3.14. The van der Waals surface area contributed by atoms with Gasteiger partial charge in [-0.3, -0.25) is 4.79 Å². The Labute approximate surface area is 108 Å². The second-order valence-corrected chi connectivity index (χ2v) is 5.51. The number of hydrogen-bond acceptors (Lipinski definition) is 5. The molecule has 2 aromatic heterocycles. The van der Waals surface area contributed by atoms with Crippen molar-refractivity contribution in [1.82, 2.24) is 15.3 Å². The van der Waals surface area contributed by atoms with Gasteiger partial charge < -0.3 is 5.32 Å². The lowest BCUT2D eigenvalue weighted by Gasteiger charge is -2.01. The summed E-state index contributed by atoms with van der Waals surface area (Å²) in [5.74, 6) is 0.0240. The fourth-order valence-corrected chi connectivity index (χ4v) is 2.76. The number of aromatic nitrogens is 2. The van der Waals surface area contributed by atoms with Crippen LogP contribution < -0.4 is 5.32 Å². The molecule has 0 atom stereocenters. The minimum Gasteiger partial charge on any atom is -0.355 e. The van der Waals surface area contributed by atoms with E-state index < -0.39 is 0 Å². The summed E-state index contributed by atoms with van der Waals surface area (Å²) in [6, 6.07) is 0. The van der Waals surface area contributed by atoms with Crippen molar-refractivity contribution < 1.29 is 4.79 Å². The van der Waals surface area contributed by atoms with Gasteiger partial charge >= 0.3 is 0 Å². The van der Waals surface area contributed by atoms with Crippen LogP contribution in [0.3, 0.4) is 0 Å².